The first-order chi connectivity index (χ1) is 10.1. The number of rotatable bonds is 6. The van der Waals surface area contributed by atoms with Gasteiger partial charge in [0.05, 0.1) is 7.11 Å². The maximum absolute atomic E-state index is 5.27. The largest absolute Gasteiger partial charge is 0.497 e. The molecular weight excluding hydrogens is 258 g/mol. The van der Waals surface area contributed by atoms with Gasteiger partial charge in [0, 0.05) is 13.1 Å². The maximum Gasteiger partial charge on any atom is 0.119 e. The molecule has 1 aliphatic carbocycles. The van der Waals surface area contributed by atoms with Crippen molar-refractivity contribution in [2.45, 2.75) is 33.2 Å². The zero-order valence-corrected chi connectivity index (χ0v) is 13.3. The molecule has 1 saturated carbocycles. The van der Waals surface area contributed by atoms with E-state index in [2.05, 4.69) is 49.5 Å². The lowest BCUT2D eigenvalue weighted by atomic mass is 9.92. The quantitative estimate of drug-likeness (QED) is 0.849. The van der Waals surface area contributed by atoms with Gasteiger partial charge >= 0.3 is 0 Å². The van der Waals surface area contributed by atoms with Crippen molar-refractivity contribution < 1.29 is 4.74 Å². The number of ether oxygens (including phenoxy) is 1. The van der Waals surface area contributed by atoms with Gasteiger partial charge in [0.2, 0.25) is 0 Å². The Morgan fingerprint density at radius 1 is 1.10 bits per heavy atom. The van der Waals surface area contributed by atoms with Gasteiger partial charge in [-0.15, -0.1) is 0 Å². The van der Waals surface area contributed by atoms with Gasteiger partial charge in [-0.25, -0.2) is 0 Å². The van der Waals surface area contributed by atoms with E-state index in [0.717, 1.165) is 24.8 Å². The summed E-state index contributed by atoms with van der Waals surface area (Å²) in [6.45, 7) is 6.79. The van der Waals surface area contributed by atoms with Crippen LogP contribution in [0, 0.1) is 11.3 Å². The van der Waals surface area contributed by atoms with Crippen LogP contribution >= 0.6 is 0 Å². The third kappa shape index (κ3) is 3.06. The minimum atomic E-state index is 0.574. The highest BCUT2D eigenvalue weighted by Crippen LogP contribution is 2.51. The molecule has 0 bridgehead atoms. The van der Waals surface area contributed by atoms with Gasteiger partial charge in [-0.05, 0) is 58.7 Å². The fourth-order valence-electron chi connectivity index (χ4n) is 3.08. The fourth-order valence-corrected chi connectivity index (χ4v) is 3.08. The summed E-state index contributed by atoms with van der Waals surface area (Å²) < 4.78 is 5.27. The molecule has 1 aliphatic rings. The molecule has 2 aromatic rings. The molecule has 0 amide bonds. The number of hydrogen-bond donors (Lipinski definition) is 1. The van der Waals surface area contributed by atoms with E-state index in [-0.39, 0.29) is 0 Å². The van der Waals surface area contributed by atoms with E-state index in [9.17, 15) is 0 Å². The highest BCUT2D eigenvalue weighted by molar-refractivity contribution is 5.84. The fraction of sp³-hybridized carbons (Fsp3) is 0.474. The molecule has 3 rings (SSSR count). The van der Waals surface area contributed by atoms with Crippen LogP contribution in [0.5, 0.6) is 5.75 Å². The number of hydrogen-bond acceptors (Lipinski definition) is 2. The van der Waals surface area contributed by atoms with Crippen LogP contribution in [0.4, 0.5) is 0 Å². The monoisotopic (exact) mass is 283 g/mol. The summed E-state index contributed by atoms with van der Waals surface area (Å²) in [5.41, 5.74) is 1.93. The first-order valence-corrected chi connectivity index (χ1v) is 7.90. The van der Waals surface area contributed by atoms with Gasteiger partial charge < -0.3 is 10.1 Å². The molecule has 2 aromatic carbocycles. The summed E-state index contributed by atoms with van der Waals surface area (Å²) in [6.07, 6.45) is 2.77. The average Bonchev–Trinajstić information content (AvgIpc) is 3.28. The minimum absolute atomic E-state index is 0.574. The van der Waals surface area contributed by atoms with Crippen molar-refractivity contribution >= 4 is 10.8 Å². The molecule has 1 N–H and O–H groups in total. The first-order valence-electron chi connectivity index (χ1n) is 7.90. The lowest BCUT2D eigenvalue weighted by Gasteiger charge is -2.20. The van der Waals surface area contributed by atoms with E-state index in [0.29, 0.717) is 5.41 Å². The molecule has 0 spiro atoms. The van der Waals surface area contributed by atoms with Crippen molar-refractivity contribution in [2.24, 2.45) is 11.3 Å². The lowest BCUT2D eigenvalue weighted by Crippen LogP contribution is -2.27. The highest BCUT2D eigenvalue weighted by Gasteiger charge is 2.44. The van der Waals surface area contributed by atoms with Crippen LogP contribution in [0.3, 0.4) is 0 Å². The minimum Gasteiger partial charge on any atom is -0.497 e. The number of benzene rings is 2. The predicted octanol–water partition coefficient (Wildman–Crippen LogP) is 4.37. The van der Waals surface area contributed by atoms with Crippen LogP contribution in [0.2, 0.25) is 0 Å². The van der Waals surface area contributed by atoms with Crippen molar-refractivity contribution in [3.63, 3.8) is 0 Å². The number of nitrogens with one attached hydrogen (secondary N) is 1. The van der Waals surface area contributed by atoms with E-state index in [4.69, 9.17) is 4.74 Å². The zero-order chi connectivity index (χ0) is 14.9. The molecule has 21 heavy (non-hydrogen) atoms. The summed E-state index contributed by atoms with van der Waals surface area (Å²) in [5, 5.41) is 6.16. The van der Waals surface area contributed by atoms with Gasteiger partial charge in [-0.3, -0.25) is 0 Å². The highest BCUT2D eigenvalue weighted by atomic mass is 16.5. The van der Waals surface area contributed by atoms with E-state index in [1.807, 2.05) is 6.07 Å². The molecule has 0 aromatic heterocycles. The molecule has 2 heteroatoms. The number of methoxy groups -OCH3 is 1. The van der Waals surface area contributed by atoms with Gasteiger partial charge in [0.15, 0.2) is 0 Å². The number of fused-ring (bicyclic) bond motifs is 1. The van der Waals surface area contributed by atoms with E-state index >= 15 is 0 Å². The molecule has 1 fully saturated rings. The standard InChI is InChI=1S/C19H25NO/c1-14(2)19(8-9-19)13-20-12-15-4-5-17-11-18(21-3)7-6-16(17)10-15/h4-7,10-11,14,20H,8-9,12-13H2,1-3H3. The molecule has 0 atom stereocenters. The van der Waals surface area contributed by atoms with E-state index < -0.39 is 0 Å². The van der Waals surface area contributed by atoms with Crippen LogP contribution in [0.15, 0.2) is 36.4 Å². The van der Waals surface area contributed by atoms with Gasteiger partial charge in [-0.2, -0.15) is 0 Å². The summed E-state index contributed by atoms with van der Waals surface area (Å²) in [6, 6.07) is 12.9. The van der Waals surface area contributed by atoms with E-state index in [1.54, 1.807) is 7.11 Å². The molecule has 112 valence electrons. The molecular formula is C19H25NO. The van der Waals surface area contributed by atoms with Crippen molar-refractivity contribution in [3.05, 3.63) is 42.0 Å². The van der Waals surface area contributed by atoms with Crippen LogP contribution in [0.1, 0.15) is 32.3 Å². The third-order valence-corrected chi connectivity index (χ3v) is 5.03. The predicted molar refractivity (Wildman–Crippen MR) is 88.7 cm³/mol. The second-order valence-corrected chi connectivity index (χ2v) is 6.67. The first kappa shape index (κ1) is 14.4. The van der Waals surface area contributed by atoms with E-state index in [1.165, 1.54) is 29.2 Å². The second kappa shape index (κ2) is 5.69. The third-order valence-electron chi connectivity index (χ3n) is 5.03. The molecule has 0 saturated heterocycles. The Balaban J connectivity index is 1.65. The molecule has 0 heterocycles. The zero-order valence-electron chi connectivity index (χ0n) is 13.3. The van der Waals surface area contributed by atoms with Crippen LogP contribution < -0.4 is 10.1 Å². The summed E-state index contributed by atoms with van der Waals surface area (Å²) >= 11 is 0. The maximum atomic E-state index is 5.27. The Morgan fingerprint density at radius 2 is 1.81 bits per heavy atom. The van der Waals surface area contributed by atoms with Crippen LogP contribution in [0.25, 0.3) is 10.8 Å². The average molecular weight is 283 g/mol. The van der Waals surface area contributed by atoms with Gasteiger partial charge in [0.1, 0.15) is 5.75 Å². The Bertz CT molecular complexity index is 628. The Kier molecular flexibility index (Phi) is 3.90. The summed E-state index contributed by atoms with van der Waals surface area (Å²) in [5.74, 6) is 1.70. The van der Waals surface area contributed by atoms with Gasteiger partial charge in [-0.1, -0.05) is 32.0 Å². The van der Waals surface area contributed by atoms with Crippen molar-refractivity contribution in [2.75, 3.05) is 13.7 Å². The van der Waals surface area contributed by atoms with Crippen molar-refractivity contribution in [1.82, 2.24) is 5.32 Å². The van der Waals surface area contributed by atoms with Crippen LogP contribution in [-0.2, 0) is 6.54 Å². The molecule has 0 radical (unpaired) electrons. The molecule has 0 aliphatic heterocycles. The smallest absolute Gasteiger partial charge is 0.119 e. The van der Waals surface area contributed by atoms with Crippen molar-refractivity contribution in [1.29, 1.82) is 0 Å². The summed E-state index contributed by atoms with van der Waals surface area (Å²) in [4.78, 5) is 0. The Labute approximate surface area is 127 Å². The Morgan fingerprint density at radius 3 is 2.48 bits per heavy atom. The lowest BCUT2D eigenvalue weighted by molar-refractivity contribution is 0.338. The second-order valence-electron chi connectivity index (χ2n) is 6.67. The summed E-state index contributed by atoms with van der Waals surface area (Å²) in [7, 11) is 1.71. The normalized spacial score (nSPS) is 16.4. The topological polar surface area (TPSA) is 21.3 Å². The van der Waals surface area contributed by atoms with Gasteiger partial charge in [0.25, 0.3) is 0 Å². The molecule has 0 unspecified atom stereocenters. The SMILES string of the molecule is COc1ccc2cc(CNCC3(C(C)C)CC3)ccc2c1. The Hall–Kier alpha value is -1.54. The van der Waals surface area contributed by atoms with Crippen molar-refractivity contribution in [3.8, 4) is 5.75 Å². The van der Waals surface area contributed by atoms with Crippen LogP contribution in [-0.4, -0.2) is 13.7 Å². The molecule has 2 nitrogen and oxygen atoms in total.